The lowest BCUT2D eigenvalue weighted by Crippen LogP contribution is -2.43. The van der Waals surface area contributed by atoms with E-state index in [1.165, 1.54) is 18.4 Å². The number of hydrogen-bond donors (Lipinski definition) is 1. The highest BCUT2D eigenvalue weighted by Crippen LogP contribution is 2.40. The number of nitrogens with zero attached hydrogens (tertiary/aromatic N) is 1. The molecule has 1 fully saturated rings. The Kier molecular flexibility index (Phi) is 5.23. The molecule has 3 nitrogen and oxygen atoms in total. The van der Waals surface area contributed by atoms with Crippen LogP contribution in [0.1, 0.15) is 31.2 Å². The molecule has 0 aliphatic heterocycles. The first-order chi connectivity index (χ1) is 9.24. The first kappa shape index (κ1) is 14.4. The SMILES string of the molecule is CCN(C)CCNC1CC(c2ccccc2OC)C1. The maximum absolute atomic E-state index is 5.44. The lowest BCUT2D eigenvalue weighted by Gasteiger charge is -2.37. The number of nitrogens with one attached hydrogen (secondary N) is 1. The molecule has 0 aromatic heterocycles. The average Bonchev–Trinajstić information content (AvgIpc) is 2.41. The van der Waals surface area contributed by atoms with Crippen molar-refractivity contribution in [3.8, 4) is 5.75 Å². The summed E-state index contributed by atoms with van der Waals surface area (Å²) in [6.45, 7) is 5.54. The van der Waals surface area contributed by atoms with E-state index in [0.29, 0.717) is 12.0 Å². The van der Waals surface area contributed by atoms with Crippen LogP contribution in [0.25, 0.3) is 0 Å². The number of ether oxygens (including phenoxy) is 1. The summed E-state index contributed by atoms with van der Waals surface area (Å²) in [6, 6.07) is 9.09. The fraction of sp³-hybridized carbons (Fsp3) is 0.625. The molecule has 0 bridgehead atoms. The number of benzene rings is 1. The van der Waals surface area contributed by atoms with Crippen LogP contribution in [-0.4, -0.2) is 44.7 Å². The van der Waals surface area contributed by atoms with Crippen LogP contribution in [0.4, 0.5) is 0 Å². The molecule has 1 saturated carbocycles. The van der Waals surface area contributed by atoms with E-state index in [1.807, 2.05) is 6.07 Å². The van der Waals surface area contributed by atoms with Crippen molar-refractivity contribution in [3.05, 3.63) is 29.8 Å². The third kappa shape index (κ3) is 3.71. The maximum atomic E-state index is 5.44. The van der Waals surface area contributed by atoms with E-state index in [4.69, 9.17) is 4.74 Å². The Hall–Kier alpha value is -1.06. The number of hydrogen-bond acceptors (Lipinski definition) is 3. The van der Waals surface area contributed by atoms with Crippen LogP contribution in [0.5, 0.6) is 5.75 Å². The summed E-state index contributed by atoms with van der Waals surface area (Å²) in [4.78, 5) is 2.34. The summed E-state index contributed by atoms with van der Waals surface area (Å²) in [6.07, 6.45) is 2.46. The van der Waals surface area contributed by atoms with Crippen LogP contribution in [0.15, 0.2) is 24.3 Å². The van der Waals surface area contributed by atoms with Gasteiger partial charge in [0.15, 0.2) is 0 Å². The minimum Gasteiger partial charge on any atom is -0.496 e. The van der Waals surface area contributed by atoms with Crippen LogP contribution in [0.2, 0.25) is 0 Å². The Bertz CT molecular complexity index is 388. The smallest absolute Gasteiger partial charge is 0.122 e. The summed E-state index contributed by atoms with van der Waals surface area (Å²) in [7, 11) is 3.92. The predicted molar refractivity (Wildman–Crippen MR) is 79.9 cm³/mol. The molecule has 0 heterocycles. The Labute approximate surface area is 116 Å². The quantitative estimate of drug-likeness (QED) is 0.817. The van der Waals surface area contributed by atoms with Crippen molar-refractivity contribution in [2.75, 3.05) is 33.8 Å². The van der Waals surface area contributed by atoms with E-state index in [2.05, 4.69) is 42.4 Å². The highest BCUT2D eigenvalue weighted by Gasteiger charge is 2.31. The first-order valence-corrected chi connectivity index (χ1v) is 7.29. The summed E-state index contributed by atoms with van der Waals surface area (Å²) >= 11 is 0. The summed E-state index contributed by atoms with van der Waals surface area (Å²) in [5, 5.41) is 3.64. The molecule has 0 amide bonds. The Balaban J connectivity index is 1.74. The highest BCUT2D eigenvalue weighted by atomic mass is 16.5. The maximum Gasteiger partial charge on any atom is 0.122 e. The van der Waals surface area contributed by atoms with Crippen molar-refractivity contribution in [2.45, 2.75) is 31.7 Å². The van der Waals surface area contributed by atoms with Gasteiger partial charge in [-0.25, -0.2) is 0 Å². The third-order valence-electron chi connectivity index (χ3n) is 4.18. The molecule has 1 aliphatic rings. The van der Waals surface area contributed by atoms with Gasteiger partial charge in [0, 0.05) is 19.1 Å². The Morgan fingerprint density at radius 1 is 1.32 bits per heavy atom. The monoisotopic (exact) mass is 262 g/mol. The van der Waals surface area contributed by atoms with Crippen molar-refractivity contribution in [1.82, 2.24) is 10.2 Å². The Morgan fingerprint density at radius 3 is 2.74 bits per heavy atom. The molecule has 1 aromatic carbocycles. The predicted octanol–water partition coefficient (Wildman–Crippen LogP) is 2.48. The van der Waals surface area contributed by atoms with Crippen LogP contribution < -0.4 is 10.1 Å². The Morgan fingerprint density at radius 2 is 2.05 bits per heavy atom. The van der Waals surface area contributed by atoms with Gasteiger partial charge in [0.05, 0.1) is 7.11 Å². The molecule has 106 valence electrons. The second kappa shape index (κ2) is 6.92. The van der Waals surface area contributed by atoms with Crippen molar-refractivity contribution >= 4 is 0 Å². The van der Waals surface area contributed by atoms with Gasteiger partial charge in [-0.15, -0.1) is 0 Å². The van der Waals surface area contributed by atoms with Gasteiger partial charge in [-0.05, 0) is 44.0 Å². The molecule has 0 atom stereocenters. The van der Waals surface area contributed by atoms with E-state index >= 15 is 0 Å². The molecule has 1 N–H and O–H groups in total. The summed E-state index contributed by atoms with van der Waals surface area (Å²) in [5.41, 5.74) is 1.37. The second-order valence-corrected chi connectivity index (χ2v) is 5.46. The molecular weight excluding hydrogens is 236 g/mol. The van der Waals surface area contributed by atoms with E-state index in [-0.39, 0.29) is 0 Å². The standard InChI is InChI=1S/C16H26N2O/c1-4-18(2)10-9-17-14-11-13(12-14)15-7-5-6-8-16(15)19-3/h5-8,13-14,17H,4,9-12H2,1-3H3. The van der Waals surface area contributed by atoms with Gasteiger partial charge in [-0.2, -0.15) is 0 Å². The van der Waals surface area contributed by atoms with E-state index in [0.717, 1.165) is 25.4 Å². The third-order valence-corrected chi connectivity index (χ3v) is 4.18. The minimum absolute atomic E-state index is 0.664. The van der Waals surface area contributed by atoms with Crippen molar-refractivity contribution < 1.29 is 4.74 Å². The van der Waals surface area contributed by atoms with Gasteiger partial charge in [-0.3, -0.25) is 0 Å². The van der Waals surface area contributed by atoms with E-state index in [1.54, 1.807) is 7.11 Å². The number of methoxy groups -OCH3 is 1. The van der Waals surface area contributed by atoms with Gasteiger partial charge in [0.25, 0.3) is 0 Å². The lowest BCUT2D eigenvalue weighted by atomic mass is 9.75. The highest BCUT2D eigenvalue weighted by molar-refractivity contribution is 5.37. The van der Waals surface area contributed by atoms with Gasteiger partial charge in [-0.1, -0.05) is 25.1 Å². The normalized spacial score (nSPS) is 22.3. The fourth-order valence-electron chi connectivity index (χ4n) is 2.66. The van der Waals surface area contributed by atoms with Gasteiger partial charge in [0.1, 0.15) is 5.75 Å². The molecular formula is C16H26N2O. The van der Waals surface area contributed by atoms with Gasteiger partial charge in [0.2, 0.25) is 0 Å². The molecule has 1 aromatic rings. The minimum atomic E-state index is 0.664. The average molecular weight is 262 g/mol. The van der Waals surface area contributed by atoms with Crippen molar-refractivity contribution in [2.24, 2.45) is 0 Å². The number of para-hydroxylation sites is 1. The summed E-state index contributed by atoms with van der Waals surface area (Å²) in [5.74, 6) is 1.70. The van der Waals surface area contributed by atoms with Crippen LogP contribution in [-0.2, 0) is 0 Å². The van der Waals surface area contributed by atoms with E-state index < -0.39 is 0 Å². The second-order valence-electron chi connectivity index (χ2n) is 5.46. The number of rotatable bonds is 7. The zero-order valence-electron chi connectivity index (χ0n) is 12.4. The molecule has 1 aliphatic carbocycles. The molecule has 19 heavy (non-hydrogen) atoms. The van der Waals surface area contributed by atoms with E-state index in [9.17, 15) is 0 Å². The molecule has 0 saturated heterocycles. The molecule has 3 heteroatoms. The largest absolute Gasteiger partial charge is 0.496 e. The van der Waals surface area contributed by atoms with Gasteiger partial charge < -0.3 is 15.0 Å². The lowest BCUT2D eigenvalue weighted by molar-refractivity contribution is 0.265. The van der Waals surface area contributed by atoms with Crippen LogP contribution >= 0.6 is 0 Å². The van der Waals surface area contributed by atoms with Crippen molar-refractivity contribution in [1.29, 1.82) is 0 Å². The van der Waals surface area contributed by atoms with Crippen LogP contribution in [0.3, 0.4) is 0 Å². The number of likely N-dealkylation sites (N-methyl/N-ethyl adjacent to an activating group) is 1. The fourth-order valence-corrected chi connectivity index (χ4v) is 2.66. The molecule has 0 radical (unpaired) electrons. The zero-order valence-corrected chi connectivity index (χ0v) is 12.4. The molecule has 2 rings (SSSR count). The molecule has 0 spiro atoms. The first-order valence-electron chi connectivity index (χ1n) is 7.29. The zero-order chi connectivity index (χ0) is 13.7. The summed E-state index contributed by atoms with van der Waals surface area (Å²) < 4.78 is 5.44. The van der Waals surface area contributed by atoms with Gasteiger partial charge >= 0.3 is 0 Å². The molecule has 0 unspecified atom stereocenters. The van der Waals surface area contributed by atoms with Crippen molar-refractivity contribution in [3.63, 3.8) is 0 Å². The topological polar surface area (TPSA) is 24.5 Å². The van der Waals surface area contributed by atoms with Crippen LogP contribution in [0, 0.1) is 0 Å².